The summed E-state index contributed by atoms with van der Waals surface area (Å²) in [6, 6.07) is 0. The van der Waals surface area contributed by atoms with Crippen molar-refractivity contribution >= 4 is 15.6 Å². The molecule has 0 amide bonds. The maximum Gasteiger partial charge on any atom is 0.147 e. The molecule has 0 N–H and O–H groups in total. The number of sulfone groups is 1. The molecule has 0 spiro atoms. The highest BCUT2D eigenvalue weighted by Crippen LogP contribution is 2.38. The molecule has 4 nitrogen and oxygen atoms in total. The zero-order valence-electron chi connectivity index (χ0n) is 9.99. The number of Topliss-reactive ketones (excluding diaryl/α,β-unsaturated/α-hetero) is 1. The normalized spacial score (nSPS) is 19.1. The zero-order valence-corrected chi connectivity index (χ0v) is 10.8. The lowest BCUT2D eigenvalue weighted by molar-refractivity contribution is -0.132. The molecule has 0 aliphatic heterocycles. The van der Waals surface area contributed by atoms with Crippen LogP contribution in [0.4, 0.5) is 0 Å². The molecule has 1 saturated carbocycles. The molecule has 1 rings (SSSR count). The summed E-state index contributed by atoms with van der Waals surface area (Å²) in [7, 11) is -1.30. The highest BCUT2D eigenvalue weighted by atomic mass is 32.2. The molecule has 1 aliphatic rings. The van der Waals surface area contributed by atoms with Gasteiger partial charge >= 0.3 is 0 Å². The summed E-state index contributed by atoms with van der Waals surface area (Å²) in [5.74, 6) is 0.212. The SMILES string of the molecule is COC1(CC(=O)CCCS(C)(=O)=O)CCC1. The number of ketones is 1. The molecule has 0 saturated heterocycles. The Morgan fingerprint density at radius 3 is 2.38 bits per heavy atom. The molecule has 0 aromatic carbocycles. The van der Waals surface area contributed by atoms with Crippen LogP contribution < -0.4 is 0 Å². The van der Waals surface area contributed by atoms with Gasteiger partial charge in [-0.25, -0.2) is 8.42 Å². The van der Waals surface area contributed by atoms with Crippen LogP contribution in [0.3, 0.4) is 0 Å². The van der Waals surface area contributed by atoms with Gasteiger partial charge in [0.15, 0.2) is 0 Å². The number of carbonyl (C=O) groups is 1. The van der Waals surface area contributed by atoms with E-state index in [1.54, 1.807) is 7.11 Å². The van der Waals surface area contributed by atoms with Gasteiger partial charge in [-0.1, -0.05) is 0 Å². The molecule has 0 unspecified atom stereocenters. The Kier molecular flexibility index (Phi) is 4.50. The number of methoxy groups -OCH3 is 1. The van der Waals surface area contributed by atoms with Gasteiger partial charge in [-0.05, 0) is 25.7 Å². The molecule has 0 heterocycles. The first-order chi connectivity index (χ1) is 7.37. The fraction of sp³-hybridized carbons (Fsp3) is 0.909. The van der Waals surface area contributed by atoms with Crippen molar-refractivity contribution in [2.24, 2.45) is 0 Å². The average molecular weight is 248 g/mol. The minimum absolute atomic E-state index is 0.0960. The summed E-state index contributed by atoms with van der Waals surface area (Å²) in [4.78, 5) is 11.6. The Hall–Kier alpha value is -0.420. The molecule has 16 heavy (non-hydrogen) atoms. The second kappa shape index (κ2) is 5.27. The van der Waals surface area contributed by atoms with Gasteiger partial charge in [0.2, 0.25) is 0 Å². The number of hydrogen-bond acceptors (Lipinski definition) is 4. The number of ether oxygens (including phenoxy) is 1. The Bertz CT molecular complexity index is 335. The molecule has 0 atom stereocenters. The van der Waals surface area contributed by atoms with Crippen molar-refractivity contribution in [1.82, 2.24) is 0 Å². The van der Waals surface area contributed by atoms with Crippen LogP contribution in [0.25, 0.3) is 0 Å². The smallest absolute Gasteiger partial charge is 0.147 e. The Labute approximate surface area is 97.3 Å². The molecule has 0 radical (unpaired) electrons. The maximum atomic E-state index is 11.6. The Balaban J connectivity index is 2.26. The van der Waals surface area contributed by atoms with Crippen LogP contribution in [0, 0.1) is 0 Å². The minimum Gasteiger partial charge on any atom is -0.378 e. The highest BCUT2D eigenvalue weighted by molar-refractivity contribution is 7.90. The number of hydrogen-bond donors (Lipinski definition) is 0. The summed E-state index contributed by atoms with van der Waals surface area (Å²) in [5, 5.41) is 0. The predicted molar refractivity (Wildman–Crippen MR) is 62.2 cm³/mol. The highest BCUT2D eigenvalue weighted by Gasteiger charge is 2.38. The lowest BCUT2D eigenvalue weighted by atomic mass is 9.76. The molecule has 1 fully saturated rings. The van der Waals surface area contributed by atoms with Crippen LogP contribution in [-0.4, -0.2) is 38.9 Å². The summed E-state index contributed by atoms with van der Waals surface area (Å²) in [6.45, 7) is 0. The van der Waals surface area contributed by atoms with E-state index >= 15 is 0 Å². The molecular formula is C11H20O4S. The second-order valence-electron chi connectivity index (χ2n) is 4.69. The van der Waals surface area contributed by atoms with Gasteiger partial charge < -0.3 is 4.74 Å². The molecule has 0 aromatic heterocycles. The van der Waals surface area contributed by atoms with Gasteiger partial charge in [0.1, 0.15) is 15.6 Å². The third-order valence-electron chi connectivity index (χ3n) is 3.19. The fourth-order valence-corrected chi connectivity index (χ4v) is 2.67. The first-order valence-corrected chi connectivity index (χ1v) is 7.68. The van der Waals surface area contributed by atoms with Gasteiger partial charge in [0, 0.05) is 26.2 Å². The van der Waals surface area contributed by atoms with Gasteiger partial charge in [-0.3, -0.25) is 4.79 Å². The van der Waals surface area contributed by atoms with Crippen molar-refractivity contribution in [3.63, 3.8) is 0 Å². The van der Waals surface area contributed by atoms with Crippen molar-refractivity contribution < 1.29 is 17.9 Å². The first kappa shape index (κ1) is 13.6. The van der Waals surface area contributed by atoms with Gasteiger partial charge in [0.25, 0.3) is 0 Å². The van der Waals surface area contributed by atoms with E-state index in [2.05, 4.69) is 0 Å². The van der Waals surface area contributed by atoms with E-state index in [1.165, 1.54) is 6.26 Å². The molecular weight excluding hydrogens is 228 g/mol. The summed E-state index contributed by atoms with van der Waals surface area (Å²) in [6.07, 6.45) is 5.41. The van der Waals surface area contributed by atoms with Crippen LogP contribution in [0.5, 0.6) is 0 Å². The molecule has 1 aliphatic carbocycles. The monoisotopic (exact) mass is 248 g/mol. The second-order valence-corrected chi connectivity index (χ2v) is 6.95. The van der Waals surface area contributed by atoms with Crippen molar-refractivity contribution in [2.45, 2.75) is 44.1 Å². The van der Waals surface area contributed by atoms with Crippen LogP contribution >= 0.6 is 0 Å². The first-order valence-electron chi connectivity index (χ1n) is 5.61. The third kappa shape index (κ3) is 4.22. The average Bonchev–Trinajstić information content (AvgIpc) is 2.09. The van der Waals surface area contributed by atoms with Crippen LogP contribution in [0.2, 0.25) is 0 Å². The predicted octanol–water partition coefficient (Wildman–Crippen LogP) is 1.34. The largest absolute Gasteiger partial charge is 0.378 e. The van der Waals surface area contributed by atoms with Gasteiger partial charge in [-0.15, -0.1) is 0 Å². The van der Waals surface area contributed by atoms with E-state index in [9.17, 15) is 13.2 Å². The van der Waals surface area contributed by atoms with E-state index < -0.39 is 9.84 Å². The number of rotatable bonds is 7. The van der Waals surface area contributed by atoms with Crippen LogP contribution in [-0.2, 0) is 19.4 Å². The quantitative estimate of drug-likeness (QED) is 0.682. The number of carbonyl (C=O) groups excluding carboxylic acids is 1. The van der Waals surface area contributed by atoms with E-state index in [-0.39, 0.29) is 17.1 Å². The molecule has 94 valence electrons. The summed E-state index contributed by atoms with van der Waals surface area (Å²) in [5.41, 5.74) is -0.234. The van der Waals surface area contributed by atoms with Crippen molar-refractivity contribution in [2.75, 3.05) is 19.1 Å². The minimum atomic E-state index is -2.94. The Morgan fingerprint density at radius 2 is 2.00 bits per heavy atom. The van der Waals surface area contributed by atoms with Gasteiger partial charge in [0.05, 0.1) is 11.4 Å². The van der Waals surface area contributed by atoms with E-state index in [4.69, 9.17) is 4.74 Å². The maximum absolute atomic E-state index is 11.6. The van der Waals surface area contributed by atoms with Crippen LogP contribution in [0.15, 0.2) is 0 Å². The summed E-state index contributed by atoms with van der Waals surface area (Å²) < 4.78 is 27.1. The lowest BCUT2D eigenvalue weighted by Crippen LogP contribution is -2.41. The van der Waals surface area contributed by atoms with Crippen LogP contribution in [0.1, 0.15) is 38.5 Å². The van der Waals surface area contributed by atoms with E-state index in [0.29, 0.717) is 19.3 Å². The van der Waals surface area contributed by atoms with Crippen molar-refractivity contribution in [3.8, 4) is 0 Å². The van der Waals surface area contributed by atoms with Crippen molar-refractivity contribution in [1.29, 1.82) is 0 Å². The van der Waals surface area contributed by atoms with Gasteiger partial charge in [-0.2, -0.15) is 0 Å². The standard InChI is InChI=1S/C11H20O4S/c1-15-11(6-4-7-11)9-10(12)5-3-8-16(2,13)14/h3-9H2,1-2H3. The fourth-order valence-electron chi connectivity index (χ4n) is 2.00. The topological polar surface area (TPSA) is 60.4 Å². The summed E-state index contributed by atoms with van der Waals surface area (Å²) >= 11 is 0. The third-order valence-corrected chi connectivity index (χ3v) is 4.22. The Morgan fingerprint density at radius 1 is 1.38 bits per heavy atom. The molecule has 5 heteroatoms. The lowest BCUT2D eigenvalue weighted by Gasteiger charge is -2.40. The zero-order chi connectivity index (χ0) is 12.2. The molecule has 0 bridgehead atoms. The van der Waals surface area contributed by atoms with Crippen molar-refractivity contribution in [3.05, 3.63) is 0 Å². The van der Waals surface area contributed by atoms with E-state index in [1.807, 2.05) is 0 Å². The molecule has 0 aromatic rings. The van der Waals surface area contributed by atoms with E-state index in [0.717, 1.165) is 19.3 Å².